The number of nitrogens with zero attached hydrogens (tertiary/aromatic N) is 1. The molecule has 0 radical (unpaired) electrons. The highest BCUT2D eigenvalue weighted by Gasteiger charge is 2.28. The zero-order valence-corrected chi connectivity index (χ0v) is 12.8. The van der Waals surface area contributed by atoms with Gasteiger partial charge in [0.1, 0.15) is 0 Å². The molecule has 0 aromatic heterocycles. The molecule has 0 spiro atoms. The molecular formula is C15H19NO4S. The van der Waals surface area contributed by atoms with E-state index in [2.05, 4.69) is 6.07 Å². The van der Waals surface area contributed by atoms with Gasteiger partial charge in [-0.3, -0.25) is 4.79 Å². The van der Waals surface area contributed by atoms with E-state index >= 15 is 0 Å². The molecule has 0 aliphatic carbocycles. The molecule has 1 fully saturated rings. The Hall–Kier alpha value is -1.53. The zero-order chi connectivity index (χ0) is 15.2. The first-order valence-corrected chi connectivity index (χ1v) is 7.97. The lowest BCUT2D eigenvalue weighted by molar-refractivity contribution is -0.158. The third-order valence-electron chi connectivity index (χ3n) is 3.27. The number of hydrogen-bond acceptors (Lipinski definition) is 4. The first kappa shape index (κ1) is 15.9. The summed E-state index contributed by atoms with van der Waals surface area (Å²) in [5.41, 5.74) is 2.40. The highest BCUT2D eigenvalue weighted by Crippen LogP contribution is 2.15. The van der Waals surface area contributed by atoms with Crippen molar-refractivity contribution >= 4 is 23.6 Å². The lowest BCUT2D eigenvalue weighted by Gasteiger charge is -2.30. The normalized spacial score (nSPS) is 18.5. The monoisotopic (exact) mass is 309 g/mol. The van der Waals surface area contributed by atoms with Crippen LogP contribution in [0.4, 0.5) is 0 Å². The molecule has 1 atom stereocenters. The van der Waals surface area contributed by atoms with E-state index in [4.69, 9.17) is 9.84 Å². The van der Waals surface area contributed by atoms with Crippen LogP contribution in [0, 0.1) is 6.92 Å². The van der Waals surface area contributed by atoms with Crippen molar-refractivity contribution in [3.8, 4) is 0 Å². The number of carbonyl (C=O) groups is 2. The number of carboxylic acids is 1. The Morgan fingerprint density at radius 2 is 2.29 bits per heavy atom. The van der Waals surface area contributed by atoms with Gasteiger partial charge in [-0.05, 0) is 12.5 Å². The number of thioether (sulfide) groups is 1. The average molecular weight is 309 g/mol. The van der Waals surface area contributed by atoms with Crippen LogP contribution in [-0.4, -0.2) is 53.4 Å². The molecular weight excluding hydrogens is 290 g/mol. The van der Waals surface area contributed by atoms with Crippen LogP contribution in [0.2, 0.25) is 0 Å². The molecule has 5 nitrogen and oxygen atoms in total. The first-order valence-electron chi connectivity index (χ1n) is 6.82. The van der Waals surface area contributed by atoms with Crippen molar-refractivity contribution < 1.29 is 19.4 Å². The van der Waals surface area contributed by atoms with Gasteiger partial charge in [-0.1, -0.05) is 29.8 Å². The summed E-state index contributed by atoms with van der Waals surface area (Å²) in [6.07, 6.45) is -0.899. The van der Waals surface area contributed by atoms with Crippen LogP contribution in [0.3, 0.4) is 0 Å². The minimum Gasteiger partial charge on any atom is -0.479 e. The zero-order valence-electron chi connectivity index (χ0n) is 11.9. The third-order valence-corrected chi connectivity index (χ3v) is 4.26. The highest BCUT2D eigenvalue weighted by atomic mass is 32.2. The maximum atomic E-state index is 12.1. The maximum Gasteiger partial charge on any atom is 0.334 e. The summed E-state index contributed by atoms with van der Waals surface area (Å²) < 4.78 is 5.11. The standard InChI is InChI=1S/C15H19NO4S/c1-11-3-2-4-12(7-11)9-21-10-14(17)16-5-6-20-13(8-16)15(18)19/h2-4,7,13H,5-6,8-10H2,1H3,(H,18,19). The predicted octanol–water partition coefficient (Wildman–Crippen LogP) is 1.54. The van der Waals surface area contributed by atoms with E-state index in [1.807, 2.05) is 25.1 Å². The number of aliphatic carboxylic acids is 1. The van der Waals surface area contributed by atoms with Gasteiger partial charge in [0.25, 0.3) is 0 Å². The largest absolute Gasteiger partial charge is 0.479 e. The SMILES string of the molecule is Cc1cccc(CSCC(=O)N2CCOC(C(=O)O)C2)c1. The number of benzene rings is 1. The molecule has 1 amide bonds. The van der Waals surface area contributed by atoms with E-state index in [0.29, 0.717) is 12.3 Å². The van der Waals surface area contributed by atoms with E-state index in [9.17, 15) is 9.59 Å². The Kier molecular flexibility index (Phi) is 5.64. The number of amides is 1. The molecule has 6 heteroatoms. The number of hydrogen-bond donors (Lipinski definition) is 1. The minimum atomic E-state index is -1.01. The molecule has 1 saturated heterocycles. The Morgan fingerprint density at radius 1 is 1.48 bits per heavy atom. The van der Waals surface area contributed by atoms with Gasteiger partial charge < -0.3 is 14.7 Å². The minimum absolute atomic E-state index is 0.0257. The van der Waals surface area contributed by atoms with Gasteiger partial charge in [-0.2, -0.15) is 0 Å². The number of carboxylic acid groups (broad SMARTS) is 1. The fourth-order valence-corrected chi connectivity index (χ4v) is 3.05. The van der Waals surface area contributed by atoms with E-state index in [1.54, 1.807) is 16.7 Å². The number of morpholine rings is 1. The maximum absolute atomic E-state index is 12.1. The van der Waals surface area contributed by atoms with E-state index in [1.165, 1.54) is 11.1 Å². The summed E-state index contributed by atoms with van der Waals surface area (Å²) in [7, 11) is 0. The number of carbonyl (C=O) groups excluding carboxylic acids is 1. The van der Waals surface area contributed by atoms with Crippen molar-refractivity contribution in [1.82, 2.24) is 4.90 Å². The molecule has 2 rings (SSSR count). The quantitative estimate of drug-likeness (QED) is 0.893. The predicted molar refractivity (Wildman–Crippen MR) is 81.3 cm³/mol. The van der Waals surface area contributed by atoms with Gasteiger partial charge in [-0.25, -0.2) is 4.79 Å². The van der Waals surface area contributed by atoms with Gasteiger partial charge in [0, 0.05) is 12.3 Å². The molecule has 1 unspecified atom stereocenters. The Balaban J connectivity index is 1.78. The Labute approximate surface area is 128 Å². The van der Waals surface area contributed by atoms with Gasteiger partial charge in [0.05, 0.1) is 18.9 Å². The lowest BCUT2D eigenvalue weighted by Crippen LogP contribution is -2.49. The number of aryl methyl sites for hydroxylation is 1. The van der Waals surface area contributed by atoms with E-state index in [-0.39, 0.29) is 19.1 Å². The van der Waals surface area contributed by atoms with Crippen LogP contribution >= 0.6 is 11.8 Å². The molecule has 1 heterocycles. The van der Waals surface area contributed by atoms with Crippen LogP contribution in [0.5, 0.6) is 0 Å². The third kappa shape index (κ3) is 4.75. The van der Waals surface area contributed by atoms with Gasteiger partial charge in [0.15, 0.2) is 6.10 Å². The second-order valence-corrected chi connectivity index (χ2v) is 6.00. The van der Waals surface area contributed by atoms with Crippen molar-refractivity contribution in [2.75, 3.05) is 25.4 Å². The lowest BCUT2D eigenvalue weighted by atomic mass is 10.2. The van der Waals surface area contributed by atoms with Gasteiger partial charge in [0.2, 0.25) is 5.91 Å². The van der Waals surface area contributed by atoms with Gasteiger partial charge in [-0.15, -0.1) is 11.8 Å². The Bertz CT molecular complexity index is 520. The molecule has 1 aliphatic rings. The summed E-state index contributed by atoms with van der Waals surface area (Å²) in [5, 5.41) is 8.92. The van der Waals surface area contributed by atoms with Crippen LogP contribution in [0.15, 0.2) is 24.3 Å². The van der Waals surface area contributed by atoms with Crippen LogP contribution in [-0.2, 0) is 20.1 Å². The number of rotatable bonds is 5. The molecule has 1 aromatic carbocycles. The summed E-state index contributed by atoms with van der Waals surface area (Å²) in [4.78, 5) is 24.5. The fraction of sp³-hybridized carbons (Fsp3) is 0.467. The van der Waals surface area contributed by atoms with Crippen molar-refractivity contribution in [2.24, 2.45) is 0 Å². The van der Waals surface area contributed by atoms with Crippen LogP contribution in [0.25, 0.3) is 0 Å². The molecule has 114 valence electrons. The van der Waals surface area contributed by atoms with Gasteiger partial charge >= 0.3 is 5.97 Å². The summed E-state index contributed by atoms with van der Waals surface area (Å²) >= 11 is 1.55. The first-order chi connectivity index (χ1) is 10.1. The highest BCUT2D eigenvalue weighted by molar-refractivity contribution is 7.99. The van der Waals surface area contributed by atoms with Crippen LogP contribution < -0.4 is 0 Å². The molecule has 0 saturated carbocycles. The molecule has 0 bridgehead atoms. The van der Waals surface area contributed by atoms with Crippen LogP contribution in [0.1, 0.15) is 11.1 Å². The molecule has 1 aliphatic heterocycles. The number of ether oxygens (including phenoxy) is 1. The second kappa shape index (κ2) is 7.47. The topological polar surface area (TPSA) is 66.8 Å². The fourth-order valence-electron chi connectivity index (χ4n) is 2.17. The van der Waals surface area contributed by atoms with Crippen molar-refractivity contribution in [1.29, 1.82) is 0 Å². The smallest absolute Gasteiger partial charge is 0.334 e. The van der Waals surface area contributed by atoms with E-state index in [0.717, 1.165) is 5.75 Å². The van der Waals surface area contributed by atoms with Crippen molar-refractivity contribution in [2.45, 2.75) is 18.8 Å². The summed E-state index contributed by atoms with van der Waals surface area (Å²) in [6.45, 7) is 2.93. The average Bonchev–Trinajstić information content (AvgIpc) is 2.47. The van der Waals surface area contributed by atoms with Crippen molar-refractivity contribution in [3.63, 3.8) is 0 Å². The second-order valence-electron chi connectivity index (χ2n) is 5.02. The molecule has 1 aromatic rings. The molecule has 1 N–H and O–H groups in total. The molecule has 21 heavy (non-hydrogen) atoms. The Morgan fingerprint density at radius 3 is 3.00 bits per heavy atom. The summed E-state index contributed by atoms with van der Waals surface area (Å²) in [5.74, 6) is 0.0996. The van der Waals surface area contributed by atoms with Crippen molar-refractivity contribution in [3.05, 3.63) is 35.4 Å². The summed E-state index contributed by atoms with van der Waals surface area (Å²) in [6, 6.07) is 8.19. The van der Waals surface area contributed by atoms with E-state index < -0.39 is 12.1 Å².